The van der Waals surface area contributed by atoms with E-state index < -0.39 is 0 Å². The minimum absolute atomic E-state index is 0.626. The van der Waals surface area contributed by atoms with Gasteiger partial charge >= 0.3 is 0 Å². The maximum absolute atomic E-state index is 4.36. The average Bonchev–Trinajstić information content (AvgIpc) is 2.26. The lowest BCUT2D eigenvalue weighted by Crippen LogP contribution is -2.27. The molecule has 0 radical (unpaired) electrons. The molecule has 4 nitrogen and oxygen atoms in total. The molecule has 0 bridgehead atoms. The van der Waals surface area contributed by atoms with Gasteiger partial charge in [0.15, 0.2) is 0 Å². The van der Waals surface area contributed by atoms with Crippen LogP contribution >= 0.6 is 0 Å². The molecule has 1 rings (SSSR count). The number of aryl methyl sites for hydroxylation is 2. The Morgan fingerprint density at radius 3 is 2.33 bits per heavy atom. The Balaban J connectivity index is 2.22. The molecule has 0 aliphatic heterocycles. The third-order valence-electron chi connectivity index (χ3n) is 3.08. The van der Waals surface area contributed by atoms with Gasteiger partial charge < -0.3 is 10.2 Å². The molecular formula is C14H26N4. The van der Waals surface area contributed by atoms with Crippen molar-refractivity contribution in [3.63, 3.8) is 0 Å². The van der Waals surface area contributed by atoms with Gasteiger partial charge in [-0.3, -0.25) is 0 Å². The van der Waals surface area contributed by atoms with Crippen LogP contribution in [0.5, 0.6) is 0 Å². The van der Waals surface area contributed by atoms with Crippen molar-refractivity contribution in [3.8, 4) is 0 Å². The number of hydrogen-bond donors (Lipinski definition) is 1. The van der Waals surface area contributed by atoms with Crippen LogP contribution in [-0.4, -0.2) is 41.0 Å². The maximum atomic E-state index is 4.36. The van der Waals surface area contributed by atoms with Gasteiger partial charge in [0.25, 0.3) is 0 Å². The molecule has 18 heavy (non-hydrogen) atoms. The van der Waals surface area contributed by atoms with Crippen LogP contribution in [0.15, 0.2) is 6.07 Å². The van der Waals surface area contributed by atoms with Gasteiger partial charge in [0.05, 0.1) is 0 Å². The van der Waals surface area contributed by atoms with E-state index in [0.29, 0.717) is 6.04 Å². The second-order valence-electron chi connectivity index (χ2n) is 5.18. The first kappa shape index (κ1) is 14.9. The zero-order valence-corrected chi connectivity index (χ0v) is 12.3. The normalized spacial score (nSPS) is 11.3. The molecule has 0 aliphatic carbocycles. The van der Waals surface area contributed by atoms with E-state index in [0.717, 1.165) is 36.8 Å². The zero-order valence-electron chi connectivity index (χ0n) is 12.3. The summed E-state index contributed by atoms with van der Waals surface area (Å²) < 4.78 is 0. The zero-order chi connectivity index (χ0) is 13.5. The summed E-state index contributed by atoms with van der Waals surface area (Å²) in [6.45, 7) is 10.5. The van der Waals surface area contributed by atoms with Crippen LogP contribution in [0.2, 0.25) is 0 Å². The lowest BCUT2D eigenvalue weighted by atomic mass is 10.2. The van der Waals surface area contributed by atoms with Crippen molar-refractivity contribution in [3.05, 3.63) is 17.5 Å². The summed E-state index contributed by atoms with van der Waals surface area (Å²) in [5.74, 6) is 0.754. The van der Waals surface area contributed by atoms with Gasteiger partial charge in [0.2, 0.25) is 5.95 Å². The molecule has 102 valence electrons. The Labute approximate surface area is 111 Å². The van der Waals surface area contributed by atoms with E-state index in [9.17, 15) is 0 Å². The fourth-order valence-electron chi connectivity index (χ4n) is 1.75. The number of nitrogens with zero attached hydrogens (tertiary/aromatic N) is 3. The summed E-state index contributed by atoms with van der Waals surface area (Å²) in [5, 5.41) is 3.29. The molecule has 1 heterocycles. The predicted molar refractivity (Wildman–Crippen MR) is 77.0 cm³/mol. The quantitative estimate of drug-likeness (QED) is 0.755. The van der Waals surface area contributed by atoms with Crippen LogP contribution < -0.4 is 5.32 Å². The molecule has 0 aliphatic rings. The Bertz CT molecular complexity index is 343. The topological polar surface area (TPSA) is 41.1 Å². The van der Waals surface area contributed by atoms with Gasteiger partial charge in [-0.15, -0.1) is 0 Å². The van der Waals surface area contributed by atoms with Crippen molar-refractivity contribution in [2.45, 2.75) is 46.6 Å². The SMILES string of the molecule is Cc1cc(C)nc(NCCCCN(C)C(C)C)n1. The van der Waals surface area contributed by atoms with Crippen LogP contribution in [0.3, 0.4) is 0 Å². The summed E-state index contributed by atoms with van der Waals surface area (Å²) in [6.07, 6.45) is 2.35. The summed E-state index contributed by atoms with van der Waals surface area (Å²) >= 11 is 0. The van der Waals surface area contributed by atoms with Crippen molar-refractivity contribution < 1.29 is 0 Å². The highest BCUT2D eigenvalue weighted by Gasteiger charge is 2.02. The van der Waals surface area contributed by atoms with Gasteiger partial charge in [-0.05, 0) is 60.2 Å². The minimum atomic E-state index is 0.626. The summed E-state index contributed by atoms with van der Waals surface area (Å²) in [7, 11) is 2.17. The minimum Gasteiger partial charge on any atom is -0.354 e. The molecule has 0 amide bonds. The Kier molecular flexibility index (Phi) is 6.05. The smallest absolute Gasteiger partial charge is 0.223 e. The molecule has 1 aromatic heterocycles. The van der Waals surface area contributed by atoms with Crippen molar-refractivity contribution in [1.29, 1.82) is 0 Å². The molecule has 0 spiro atoms. The van der Waals surface area contributed by atoms with Crippen LogP contribution in [0.25, 0.3) is 0 Å². The monoisotopic (exact) mass is 250 g/mol. The van der Waals surface area contributed by atoms with E-state index in [1.54, 1.807) is 0 Å². The first-order valence-corrected chi connectivity index (χ1v) is 6.75. The second-order valence-corrected chi connectivity index (χ2v) is 5.18. The lowest BCUT2D eigenvalue weighted by Gasteiger charge is -2.20. The molecule has 0 atom stereocenters. The van der Waals surface area contributed by atoms with Crippen molar-refractivity contribution in [1.82, 2.24) is 14.9 Å². The van der Waals surface area contributed by atoms with Crippen molar-refractivity contribution in [2.24, 2.45) is 0 Å². The van der Waals surface area contributed by atoms with E-state index in [1.165, 1.54) is 6.42 Å². The third kappa shape index (κ3) is 5.45. The summed E-state index contributed by atoms with van der Waals surface area (Å²) in [4.78, 5) is 11.1. The number of aromatic nitrogens is 2. The summed E-state index contributed by atoms with van der Waals surface area (Å²) in [6, 6.07) is 2.61. The predicted octanol–water partition coefficient (Wildman–Crippen LogP) is 2.63. The first-order valence-electron chi connectivity index (χ1n) is 6.75. The first-order chi connectivity index (χ1) is 8.49. The van der Waals surface area contributed by atoms with E-state index in [-0.39, 0.29) is 0 Å². The largest absolute Gasteiger partial charge is 0.354 e. The second kappa shape index (κ2) is 7.31. The molecule has 0 aromatic carbocycles. The molecule has 1 N–H and O–H groups in total. The summed E-state index contributed by atoms with van der Waals surface area (Å²) in [5.41, 5.74) is 2.04. The highest BCUT2D eigenvalue weighted by Crippen LogP contribution is 2.04. The van der Waals surface area contributed by atoms with E-state index in [2.05, 4.69) is 41.1 Å². The van der Waals surface area contributed by atoms with Crippen LogP contribution in [0.1, 0.15) is 38.1 Å². The number of anilines is 1. The fourth-order valence-corrected chi connectivity index (χ4v) is 1.75. The fraction of sp³-hybridized carbons (Fsp3) is 0.714. The molecule has 0 saturated heterocycles. The molecule has 4 heteroatoms. The van der Waals surface area contributed by atoms with Gasteiger partial charge in [-0.1, -0.05) is 0 Å². The van der Waals surface area contributed by atoms with Gasteiger partial charge in [-0.2, -0.15) is 0 Å². The molecule has 0 unspecified atom stereocenters. The van der Waals surface area contributed by atoms with Crippen molar-refractivity contribution >= 4 is 5.95 Å². The Hall–Kier alpha value is -1.16. The Morgan fingerprint density at radius 1 is 1.17 bits per heavy atom. The van der Waals surface area contributed by atoms with E-state index >= 15 is 0 Å². The van der Waals surface area contributed by atoms with E-state index in [4.69, 9.17) is 0 Å². The Morgan fingerprint density at radius 2 is 1.78 bits per heavy atom. The van der Waals surface area contributed by atoms with Gasteiger partial charge in [0.1, 0.15) is 0 Å². The highest BCUT2D eigenvalue weighted by atomic mass is 15.1. The number of hydrogen-bond acceptors (Lipinski definition) is 4. The molecule has 1 aromatic rings. The maximum Gasteiger partial charge on any atom is 0.223 e. The number of nitrogens with one attached hydrogen (secondary N) is 1. The van der Waals surface area contributed by atoms with Crippen LogP contribution in [0, 0.1) is 13.8 Å². The van der Waals surface area contributed by atoms with E-state index in [1.807, 2.05) is 19.9 Å². The molecular weight excluding hydrogens is 224 g/mol. The van der Waals surface area contributed by atoms with Crippen LogP contribution in [-0.2, 0) is 0 Å². The molecule has 0 fully saturated rings. The third-order valence-corrected chi connectivity index (χ3v) is 3.08. The number of unbranched alkanes of at least 4 members (excludes halogenated alkanes) is 1. The van der Waals surface area contributed by atoms with Gasteiger partial charge in [0, 0.05) is 24.0 Å². The lowest BCUT2D eigenvalue weighted by molar-refractivity contribution is 0.269. The average molecular weight is 250 g/mol. The number of rotatable bonds is 7. The van der Waals surface area contributed by atoms with Crippen molar-refractivity contribution in [2.75, 3.05) is 25.5 Å². The molecule has 0 saturated carbocycles. The standard InChI is InChI=1S/C14H26N4/c1-11(2)18(5)9-7-6-8-15-14-16-12(3)10-13(4)17-14/h10-11H,6-9H2,1-5H3,(H,15,16,17). The van der Waals surface area contributed by atoms with Crippen LogP contribution in [0.4, 0.5) is 5.95 Å². The van der Waals surface area contributed by atoms with Gasteiger partial charge in [-0.25, -0.2) is 9.97 Å². The highest BCUT2D eigenvalue weighted by molar-refractivity contribution is 5.27.